The molecule has 0 aliphatic rings. The third-order valence-corrected chi connectivity index (χ3v) is 3.33. The van der Waals surface area contributed by atoms with Gasteiger partial charge < -0.3 is 4.74 Å². The van der Waals surface area contributed by atoms with Crippen molar-refractivity contribution in [2.75, 3.05) is 13.2 Å². The third-order valence-electron chi connectivity index (χ3n) is 1.48. The molecule has 1 N–H and O–H groups in total. The minimum atomic E-state index is -3.12. The van der Waals surface area contributed by atoms with Crippen LogP contribution in [0, 0.1) is 0 Å². The number of rotatable bonds is 7. The lowest BCUT2D eigenvalue weighted by Gasteiger charge is -2.08. The molecule has 0 aromatic carbocycles. The van der Waals surface area contributed by atoms with Crippen molar-refractivity contribution < 1.29 is 13.2 Å². The molecule has 78 valence electrons. The molecule has 0 aliphatic heterocycles. The lowest BCUT2D eigenvalue weighted by atomic mass is 10.5. The zero-order chi connectivity index (χ0) is 10.3. The Morgan fingerprint density at radius 3 is 2.62 bits per heavy atom. The van der Waals surface area contributed by atoms with Gasteiger partial charge in [0.25, 0.3) is 0 Å². The van der Waals surface area contributed by atoms with Crippen LogP contribution in [0.2, 0.25) is 0 Å². The second-order valence-electron chi connectivity index (χ2n) is 2.88. The Morgan fingerprint density at radius 1 is 1.54 bits per heavy atom. The maximum absolute atomic E-state index is 11.2. The van der Waals surface area contributed by atoms with Crippen LogP contribution in [0.15, 0.2) is 12.8 Å². The van der Waals surface area contributed by atoms with E-state index in [0.717, 1.165) is 0 Å². The summed E-state index contributed by atoms with van der Waals surface area (Å²) in [5.74, 6) is 0. The van der Waals surface area contributed by atoms with Gasteiger partial charge in [0, 0.05) is 6.54 Å². The van der Waals surface area contributed by atoms with Crippen molar-refractivity contribution in [1.82, 2.24) is 4.72 Å². The second-order valence-corrected chi connectivity index (χ2v) is 5.20. The fraction of sp³-hybridized carbons (Fsp3) is 0.750. The Labute approximate surface area is 80.0 Å². The highest BCUT2D eigenvalue weighted by Gasteiger charge is 2.13. The van der Waals surface area contributed by atoms with Crippen LogP contribution in [0.25, 0.3) is 0 Å². The fourth-order valence-corrected chi connectivity index (χ4v) is 1.38. The summed E-state index contributed by atoms with van der Waals surface area (Å²) in [6, 6.07) is 0. The van der Waals surface area contributed by atoms with Gasteiger partial charge in [-0.15, -0.1) is 0 Å². The van der Waals surface area contributed by atoms with E-state index in [0.29, 0.717) is 19.6 Å². The lowest BCUT2D eigenvalue weighted by molar-refractivity contribution is 0.247. The number of sulfonamides is 1. The van der Waals surface area contributed by atoms with Crippen molar-refractivity contribution in [1.29, 1.82) is 0 Å². The zero-order valence-electron chi connectivity index (χ0n) is 8.12. The molecular weight excluding hydrogens is 190 g/mol. The van der Waals surface area contributed by atoms with Gasteiger partial charge in [-0.2, -0.15) is 0 Å². The van der Waals surface area contributed by atoms with Crippen molar-refractivity contribution in [3.8, 4) is 0 Å². The van der Waals surface area contributed by atoms with E-state index in [9.17, 15) is 8.42 Å². The van der Waals surface area contributed by atoms with Crippen LogP contribution in [0.3, 0.4) is 0 Å². The molecule has 0 amide bonds. The fourth-order valence-electron chi connectivity index (χ4n) is 0.620. The van der Waals surface area contributed by atoms with Crippen molar-refractivity contribution in [3.63, 3.8) is 0 Å². The molecule has 0 saturated heterocycles. The van der Waals surface area contributed by atoms with Gasteiger partial charge in [0.1, 0.15) is 0 Å². The van der Waals surface area contributed by atoms with Crippen molar-refractivity contribution in [3.05, 3.63) is 12.8 Å². The topological polar surface area (TPSA) is 55.4 Å². The standard InChI is InChI=1S/C8H17NO3S/c1-4-12-7-5-6-9-13(10,11)8(2)3/h4,8-9H,1,5-7H2,2-3H3. The molecule has 5 heteroatoms. The Hall–Kier alpha value is -0.550. The van der Waals surface area contributed by atoms with Crippen LogP contribution in [0.1, 0.15) is 20.3 Å². The highest BCUT2D eigenvalue weighted by atomic mass is 32.2. The SMILES string of the molecule is C=COCCCNS(=O)(=O)C(C)C. The van der Waals surface area contributed by atoms with E-state index < -0.39 is 10.0 Å². The van der Waals surface area contributed by atoms with Gasteiger partial charge in [-0.1, -0.05) is 6.58 Å². The van der Waals surface area contributed by atoms with Gasteiger partial charge >= 0.3 is 0 Å². The van der Waals surface area contributed by atoms with Crippen LogP contribution >= 0.6 is 0 Å². The zero-order valence-corrected chi connectivity index (χ0v) is 8.93. The quantitative estimate of drug-likeness (QED) is 0.497. The molecule has 0 radical (unpaired) electrons. The Kier molecular flexibility index (Phi) is 5.73. The summed E-state index contributed by atoms with van der Waals surface area (Å²) in [5, 5.41) is -0.382. The lowest BCUT2D eigenvalue weighted by Crippen LogP contribution is -2.31. The summed E-state index contributed by atoms with van der Waals surface area (Å²) >= 11 is 0. The van der Waals surface area contributed by atoms with E-state index in [1.54, 1.807) is 13.8 Å². The minimum absolute atomic E-state index is 0.382. The van der Waals surface area contributed by atoms with Crippen molar-refractivity contribution in [2.45, 2.75) is 25.5 Å². The van der Waals surface area contributed by atoms with Gasteiger partial charge in [-0.05, 0) is 20.3 Å². The smallest absolute Gasteiger partial charge is 0.213 e. The summed E-state index contributed by atoms with van der Waals surface area (Å²) < 4.78 is 29.7. The van der Waals surface area contributed by atoms with Gasteiger partial charge in [-0.3, -0.25) is 0 Å². The molecule has 0 fully saturated rings. The minimum Gasteiger partial charge on any atom is -0.502 e. The van der Waals surface area contributed by atoms with Crippen molar-refractivity contribution in [2.24, 2.45) is 0 Å². The molecule has 0 aromatic heterocycles. The number of ether oxygens (including phenoxy) is 1. The van der Waals surface area contributed by atoms with E-state index in [2.05, 4.69) is 11.3 Å². The maximum Gasteiger partial charge on any atom is 0.213 e. The summed E-state index contributed by atoms with van der Waals surface area (Å²) in [5.41, 5.74) is 0. The van der Waals surface area contributed by atoms with Gasteiger partial charge in [0.2, 0.25) is 10.0 Å². The maximum atomic E-state index is 11.2. The summed E-state index contributed by atoms with van der Waals surface area (Å²) in [6.45, 7) is 7.56. The number of hydrogen-bond acceptors (Lipinski definition) is 3. The predicted octanol–water partition coefficient (Wildman–Crippen LogP) is 0.864. The molecule has 0 unspecified atom stereocenters. The molecule has 0 aromatic rings. The normalized spacial score (nSPS) is 11.6. The monoisotopic (exact) mass is 207 g/mol. The number of nitrogens with one attached hydrogen (secondary N) is 1. The first-order chi connectivity index (χ1) is 6.00. The van der Waals surface area contributed by atoms with Crippen LogP contribution in [0.5, 0.6) is 0 Å². The number of hydrogen-bond donors (Lipinski definition) is 1. The molecule has 0 saturated carbocycles. The van der Waals surface area contributed by atoms with Gasteiger partial charge in [0.05, 0.1) is 18.1 Å². The van der Waals surface area contributed by atoms with Crippen LogP contribution in [-0.2, 0) is 14.8 Å². The van der Waals surface area contributed by atoms with E-state index in [1.165, 1.54) is 6.26 Å². The summed E-state index contributed by atoms with van der Waals surface area (Å²) in [6.07, 6.45) is 1.99. The molecule has 0 atom stereocenters. The van der Waals surface area contributed by atoms with Gasteiger partial charge in [0.15, 0.2) is 0 Å². The average Bonchev–Trinajstić information content (AvgIpc) is 2.03. The molecule has 0 bridgehead atoms. The first-order valence-corrected chi connectivity index (χ1v) is 5.76. The van der Waals surface area contributed by atoms with E-state index in [1.807, 2.05) is 0 Å². The second kappa shape index (κ2) is 5.99. The molecule has 0 heterocycles. The summed E-state index contributed by atoms with van der Waals surface area (Å²) in [7, 11) is -3.12. The molecule has 0 aliphatic carbocycles. The Balaban J connectivity index is 3.59. The van der Waals surface area contributed by atoms with E-state index in [4.69, 9.17) is 4.74 Å². The summed E-state index contributed by atoms with van der Waals surface area (Å²) in [4.78, 5) is 0. The van der Waals surface area contributed by atoms with Crippen molar-refractivity contribution >= 4 is 10.0 Å². The van der Waals surface area contributed by atoms with E-state index in [-0.39, 0.29) is 5.25 Å². The molecule has 4 nitrogen and oxygen atoms in total. The molecular formula is C8H17NO3S. The molecule has 0 spiro atoms. The van der Waals surface area contributed by atoms with Crippen LogP contribution in [-0.4, -0.2) is 26.8 Å². The Morgan fingerprint density at radius 2 is 2.15 bits per heavy atom. The first-order valence-electron chi connectivity index (χ1n) is 4.21. The van der Waals surface area contributed by atoms with Crippen LogP contribution < -0.4 is 4.72 Å². The highest BCUT2D eigenvalue weighted by molar-refractivity contribution is 7.90. The Bertz CT molecular complexity index is 234. The largest absolute Gasteiger partial charge is 0.502 e. The highest BCUT2D eigenvalue weighted by Crippen LogP contribution is 1.95. The molecule has 0 rings (SSSR count). The van der Waals surface area contributed by atoms with E-state index >= 15 is 0 Å². The van der Waals surface area contributed by atoms with Crippen LogP contribution in [0.4, 0.5) is 0 Å². The first kappa shape index (κ1) is 12.4. The van der Waals surface area contributed by atoms with Gasteiger partial charge in [-0.25, -0.2) is 13.1 Å². The third kappa shape index (κ3) is 5.65. The molecule has 13 heavy (non-hydrogen) atoms. The average molecular weight is 207 g/mol. The predicted molar refractivity (Wildman–Crippen MR) is 52.8 cm³/mol.